The third-order valence-electron chi connectivity index (χ3n) is 13.6. The molecule has 2 heteroatoms. The van der Waals surface area contributed by atoms with Crippen LogP contribution in [0.15, 0.2) is 243 Å². The minimum Gasteiger partial charge on any atom is -0.310 e. The molecule has 65 heavy (non-hydrogen) atoms. The summed E-state index contributed by atoms with van der Waals surface area (Å²) in [4.78, 5) is 2.49. The second-order valence-electron chi connectivity index (χ2n) is 17.7. The highest BCUT2D eigenvalue weighted by molar-refractivity contribution is 6.11. The fraction of sp³-hybridized carbons (Fsp3) is 0.0476. The molecule has 0 amide bonds. The van der Waals surface area contributed by atoms with Gasteiger partial charge in [0.15, 0.2) is 0 Å². The lowest BCUT2D eigenvalue weighted by molar-refractivity contribution is 0.660. The Morgan fingerprint density at radius 3 is 1.68 bits per heavy atom. The molecule has 0 spiro atoms. The highest BCUT2D eigenvalue weighted by Gasteiger charge is 2.35. The van der Waals surface area contributed by atoms with Gasteiger partial charge >= 0.3 is 0 Å². The van der Waals surface area contributed by atoms with Crippen LogP contribution in [0.1, 0.15) is 25.0 Å². The van der Waals surface area contributed by atoms with Crippen molar-refractivity contribution in [1.82, 2.24) is 4.57 Å². The summed E-state index contributed by atoms with van der Waals surface area (Å²) in [7, 11) is 0. The maximum atomic E-state index is 2.49. The van der Waals surface area contributed by atoms with Gasteiger partial charge < -0.3 is 9.47 Å². The van der Waals surface area contributed by atoms with Gasteiger partial charge in [-0.25, -0.2) is 0 Å². The number of benzene rings is 10. The second kappa shape index (κ2) is 15.6. The molecule has 1 aromatic heterocycles. The SMILES string of the molecule is CC1(C)c2ccccc2-c2ccc(-c3cccc(N(c4ccc5c(c4)c4ccccc4n5-c4ccccc4)c4cccc(-c5ccccc5)c4-c4ccccc4-c4ccccc4)c3)cc21. The Hall–Kier alpha value is -8.20. The van der Waals surface area contributed by atoms with E-state index in [0.717, 1.165) is 22.7 Å². The average molecular weight is 831 g/mol. The normalized spacial score (nSPS) is 12.6. The summed E-state index contributed by atoms with van der Waals surface area (Å²) in [5.74, 6) is 0. The summed E-state index contributed by atoms with van der Waals surface area (Å²) in [5, 5.41) is 2.42. The summed E-state index contributed by atoms with van der Waals surface area (Å²) >= 11 is 0. The molecular formula is C63H46N2. The molecule has 0 radical (unpaired) electrons. The van der Waals surface area contributed by atoms with Crippen LogP contribution in [0.3, 0.4) is 0 Å². The molecule has 1 heterocycles. The first-order chi connectivity index (χ1) is 32.0. The number of aromatic nitrogens is 1. The Morgan fingerprint density at radius 1 is 0.338 bits per heavy atom. The Morgan fingerprint density at radius 2 is 0.892 bits per heavy atom. The lowest BCUT2D eigenvalue weighted by atomic mass is 9.81. The molecule has 0 N–H and O–H groups in total. The first kappa shape index (κ1) is 38.5. The molecule has 0 saturated carbocycles. The topological polar surface area (TPSA) is 8.17 Å². The molecule has 0 fully saturated rings. The van der Waals surface area contributed by atoms with E-state index in [9.17, 15) is 0 Å². The fourth-order valence-electron chi connectivity index (χ4n) is 10.5. The van der Waals surface area contributed by atoms with Crippen molar-refractivity contribution in [2.45, 2.75) is 19.3 Å². The molecule has 10 aromatic carbocycles. The van der Waals surface area contributed by atoms with Gasteiger partial charge in [0.1, 0.15) is 0 Å². The van der Waals surface area contributed by atoms with E-state index in [2.05, 4.69) is 266 Å². The largest absolute Gasteiger partial charge is 0.310 e. The number of para-hydroxylation sites is 2. The Bertz CT molecular complexity index is 3560. The first-order valence-corrected chi connectivity index (χ1v) is 22.6. The highest BCUT2D eigenvalue weighted by Crippen LogP contribution is 2.51. The summed E-state index contributed by atoms with van der Waals surface area (Å²) < 4.78 is 2.39. The molecule has 0 unspecified atom stereocenters. The number of anilines is 3. The predicted octanol–water partition coefficient (Wildman–Crippen LogP) is 17.2. The van der Waals surface area contributed by atoms with Gasteiger partial charge in [-0.05, 0) is 122 Å². The minimum atomic E-state index is -0.0984. The Kier molecular flexibility index (Phi) is 9.21. The van der Waals surface area contributed by atoms with Crippen molar-refractivity contribution in [1.29, 1.82) is 0 Å². The molecule has 2 nitrogen and oxygen atoms in total. The molecule has 1 aliphatic rings. The summed E-state index contributed by atoms with van der Waals surface area (Å²) in [6.07, 6.45) is 0. The predicted molar refractivity (Wildman–Crippen MR) is 275 cm³/mol. The molecule has 308 valence electrons. The Balaban J connectivity index is 1.12. The van der Waals surface area contributed by atoms with Crippen LogP contribution >= 0.6 is 0 Å². The van der Waals surface area contributed by atoms with E-state index in [4.69, 9.17) is 0 Å². The van der Waals surface area contributed by atoms with E-state index in [0.29, 0.717) is 0 Å². The molecule has 12 rings (SSSR count). The van der Waals surface area contributed by atoms with Crippen LogP contribution in [0.25, 0.3) is 83.1 Å². The van der Waals surface area contributed by atoms with E-state index >= 15 is 0 Å². The summed E-state index contributed by atoms with van der Waals surface area (Å²) in [6.45, 7) is 4.72. The molecular weight excluding hydrogens is 785 g/mol. The van der Waals surface area contributed by atoms with Crippen LogP contribution in [-0.2, 0) is 5.41 Å². The number of hydrogen-bond acceptors (Lipinski definition) is 1. The molecule has 0 aliphatic heterocycles. The van der Waals surface area contributed by atoms with Crippen LogP contribution < -0.4 is 4.90 Å². The van der Waals surface area contributed by atoms with E-state index in [-0.39, 0.29) is 5.41 Å². The zero-order valence-corrected chi connectivity index (χ0v) is 36.5. The van der Waals surface area contributed by atoms with Gasteiger partial charge in [0, 0.05) is 38.8 Å². The van der Waals surface area contributed by atoms with Gasteiger partial charge in [-0.1, -0.05) is 196 Å². The van der Waals surface area contributed by atoms with Crippen molar-refractivity contribution in [2.24, 2.45) is 0 Å². The molecule has 0 saturated heterocycles. The molecule has 0 atom stereocenters. The van der Waals surface area contributed by atoms with Crippen LogP contribution in [0.4, 0.5) is 17.1 Å². The van der Waals surface area contributed by atoms with E-state index in [1.807, 2.05) is 0 Å². The zero-order chi connectivity index (χ0) is 43.5. The minimum absolute atomic E-state index is 0.0984. The Labute approximate surface area is 381 Å². The van der Waals surface area contributed by atoms with Gasteiger partial charge in [-0.3, -0.25) is 0 Å². The van der Waals surface area contributed by atoms with Gasteiger partial charge in [0.2, 0.25) is 0 Å². The van der Waals surface area contributed by atoms with Gasteiger partial charge in [0.25, 0.3) is 0 Å². The van der Waals surface area contributed by atoms with Crippen molar-refractivity contribution in [2.75, 3.05) is 4.90 Å². The third kappa shape index (κ3) is 6.40. The van der Waals surface area contributed by atoms with Gasteiger partial charge in [-0.2, -0.15) is 0 Å². The number of nitrogens with zero attached hydrogens (tertiary/aromatic N) is 2. The smallest absolute Gasteiger partial charge is 0.0546 e. The second-order valence-corrected chi connectivity index (χ2v) is 17.7. The monoisotopic (exact) mass is 830 g/mol. The van der Waals surface area contributed by atoms with Crippen LogP contribution in [-0.4, -0.2) is 4.57 Å². The lowest BCUT2D eigenvalue weighted by Gasteiger charge is -2.30. The highest BCUT2D eigenvalue weighted by atomic mass is 15.1. The summed E-state index contributed by atoms with van der Waals surface area (Å²) in [6, 6.07) is 89.0. The first-order valence-electron chi connectivity index (χ1n) is 22.6. The van der Waals surface area contributed by atoms with Crippen molar-refractivity contribution in [3.8, 4) is 61.3 Å². The van der Waals surface area contributed by atoms with Gasteiger partial charge in [0.05, 0.1) is 16.7 Å². The van der Waals surface area contributed by atoms with Crippen LogP contribution in [0.2, 0.25) is 0 Å². The molecule has 0 bridgehead atoms. The maximum Gasteiger partial charge on any atom is 0.0546 e. The standard InChI is InChI=1S/C63H46N2/c1-63(2)57-33-16-14-29-52(57)53-38-36-46(41-58(53)63)45-24-18-27-48(40-45)64(49-37-39-60-56(42-49)54-30-15-17-34-59(54)65(60)47-25-10-5-11-26-47)61-35-19-32-51(44-22-8-4-9-23-44)62(61)55-31-13-12-28-50(55)43-20-6-3-7-21-43/h3-42H,1-2H3. The van der Waals surface area contributed by atoms with Gasteiger partial charge in [-0.15, -0.1) is 0 Å². The van der Waals surface area contributed by atoms with E-state index in [1.165, 1.54) is 88.6 Å². The quantitative estimate of drug-likeness (QED) is 0.148. The number of hydrogen-bond donors (Lipinski definition) is 0. The van der Waals surface area contributed by atoms with Crippen molar-refractivity contribution >= 4 is 38.9 Å². The molecule has 11 aromatic rings. The number of rotatable bonds is 8. The van der Waals surface area contributed by atoms with Crippen molar-refractivity contribution < 1.29 is 0 Å². The summed E-state index contributed by atoms with van der Waals surface area (Å²) in [5.41, 5.74) is 21.5. The lowest BCUT2D eigenvalue weighted by Crippen LogP contribution is -2.15. The van der Waals surface area contributed by atoms with Crippen molar-refractivity contribution in [3.63, 3.8) is 0 Å². The van der Waals surface area contributed by atoms with E-state index in [1.54, 1.807) is 0 Å². The van der Waals surface area contributed by atoms with Crippen LogP contribution in [0, 0.1) is 0 Å². The third-order valence-corrected chi connectivity index (χ3v) is 13.6. The van der Waals surface area contributed by atoms with E-state index < -0.39 is 0 Å². The number of fused-ring (bicyclic) bond motifs is 6. The average Bonchev–Trinajstić information content (AvgIpc) is 3.82. The molecule has 1 aliphatic carbocycles. The maximum absolute atomic E-state index is 2.49. The van der Waals surface area contributed by atoms with Crippen LogP contribution in [0.5, 0.6) is 0 Å². The zero-order valence-electron chi connectivity index (χ0n) is 36.5. The van der Waals surface area contributed by atoms with Crippen molar-refractivity contribution in [3.05, 3.63) is 254 Å². The fourth-order valence-corrected chi connectivity index (χ4v) is 10.5.